The van der Waals surface area contributed by atoms with Gasteiger partial charge in [-0.05, 0) is 116 Å². The van der Waals surface area contributed by atoms with Crippen LogP contribution >= 0.6 is 7.82 Å². The smallest absolute Gasteiger partial charge is 0.306 e. The van der Waals surface area contributed by atoms with Crippen molar-refractivity contribution >= 4 is 19.8 Å². The molecule has 2 unspecified atom stereocenters. The Labute approximate surface area is 477 Å². The molecular weight excluding hydrogens is 990 g/mol. The lowest BCUT2D eigenvalue weighted by molar-refractivity contribution is -0.870. The summed E-state index contributed by atoms with van der Waals surface area (Å²) in [4.78, 5) is 37.9. The number of phosphoric acid groups is 1. The highest BCUT2D eigenvalue weighted by atomic mass is 31.2. The van der Waals surface area contributed by atoms with Gasteiger partial charge in [0.15, 0.2) is 6.10 Å². The van der Waals surface area contributed by atoms with E-state index in [4.69, 9.17) is 18.5 Å². The number of rotatable bonds is 53. The first-order chi connectivity index (χ1) is 38.0. The number of esters is 2. The van der Waals surface area contributed by atoms with E-state index in [1.54, 1.807) is 0 Å². The Morgan fingerprint density at radius 3 is 1.06 bits per heavy atom. The molecule has 0 bridgehead atoms. The van der Waals surface area contributed by atoms with Crippen molar-refractivity contribution in [1.82, 2.24) is 0 Å². The van der Waals surface area contributed by atoms with Gasteiger partial charge in [0.05, 0.1) is 27.7 Å². The summed E-state index contributed by atoms with van der Waals surface area (Å²) in [5.74, 6) is -0.918. The average molecular weight is 1100 g/mol. The maximum Gasteiger partial charge on any atom is 0.306 e. The van der Waals surface area contributed by atoms with Crippen LogP contribution in [-0.2, 0) is 32.7 Å². The molecule has 0 radical (unpaired) electrons. The zero-order chi connectivity index (χ0) is 57.0. The summed E-state index contributed by atoms with van der Waals surface area (Å²) in [6, 6.07) is 0. The Kier molecular flexibility index (Phi) is 54.1. The molecule has 0 amide bonds. The second-order valence-electron chi connectivity index (χ2n) is 20.6. The standard InChI is InChI=1S/C68H110NO8P/c1-6-8-10-12-14-16-18-20-22-24-26-28-30-32-33-34-35-37-39-41-43-45-47-49-51-53-55-57-59-61-68(71)77-66(65-76-78(72,73)75-63-62-69(3,4)5)64-74-67(70)60-58-56-54-52-50-48-46-44-42-40-38-36-31-29-27-25-23-21-19-17-15-13-11-9-7-2/h8-11,14-17,20-23,26-29,32-33,35,37,41,43,47,49,53,55,66H,6-7,12-13,18-19,24-25,30-31,34,36,38-40,42,44-46,48,50-52,54,56-65H2,1-5H3/b10-8-,11-9-,16-14-,17-15-,22-20-,23-21-,28-26-,29-27-,33-32-,37-35-,43-41-,49-47-,55-53-. The van der Waals surface area contributed by atoms with Gasteiger partial charge >= 0.3 is 11.9 Å². The van der Waals surface area contributed by atoms with Crippen LogP contribution in [0.2, 0.25) is 0 Å². The summed E-state index contributed by atoms with van der Waals surface area (Å²) in [5, 5.41) is 0. The molecular formula is C68H110NO8P. The number of likely N-dealkylation sites (N-methyl/N-ethyl adjacent to an activating group) is 1. The second-order valence-corrected chi connectivity index (χ2v) is 22.0. The van der Waals surface area contributed by atoms with Crippen molar-refractivity contribution in [1.29, 1.82) is 0 Å². The Balaban J connectivity index is 4.31. The molecule has 0 rings (SSSR count). The van der Waals surface area contributed by atoms with Gasteiger partial charge in [-0.1, -0.05) is 236 Å². The Morgan fingerprint density at radius 2 is 0.705 bits per heavy atom. The molecule has 0 aromatic rings. The van der Waals surface area contributed by atoms with Crippen LogP contribution in [-0.4, -0.2) is 70.0 Å². The van der Waals surface area contributed by atoms with E-state index >= 15 is 0 Å². The number of ether oxygens (including phenoxy) is 2. The van der Waals surface area contributed by atoms with Crippen LogP contribution in [0.1, 0.15) is 206 Å². The lowest BCUT2D eigenvalue weighted by atomic mass is 10.0. The van der Waals surface area contributed by atoms with Crippen LogP contribution < -0.4 is 4.89 Å². The van der Waals surface area contributed by atoms with E-state index in [0.29, 0.717) is 30.3 Å². The fourth-order valence-electron chi connectivity index (χ4n) is 7.47. The van der Waals surface area contributed by atoms with Crippen molar-refractivity contribution < 1.29 is 42.1 Å². The maximum absolute atomic E-state index is 12.8. The Bertz CT molecular complexity index is 1870. The topological polar surface area (TPSA) is 111 Å². The number of allylic oxidation sites excluding steroid dienone is 26. The van der Waals surface area contributed by atoms with Crippen LogP contribution in [0.5, 0.6) is 0 Å². The lowest BCUT2D eigenvalue weighted by Crippen LogP contribution is -2.37. The molecule has 0 heterocycles. The van der Waals surface area contributed by atoms with Crippen molar-refractivity contribution in [3.8, 4) is 0 Å². The molecule has 0 aliphatic rings. The van der Waals surface area contributed by atoms with E-state index in [-0.39, 0.29) is 26.1 Å². The minimum atomic E-state index is -4.67. The summed E-state index contributed by atoms with van der Waals surface area (Å²) in [7, 11) is 1.10. The summed E-state index contributed by atoms with van der Waals surface area (Å²) in [6.07, 6.45) is 85.8. The van der Waals surface area contributed by atoms with Crippen LogP contribution in [0, 0.1) is 0 Å². The van der Waals surface area contributed by atoms with Gasteiger partial charge in [0.25, 0.3) is 7.82 Å². The number of hydrogen-bond acceptors (Lipinski definition) is 8. The van der Waals surface area contributed by atoms with Gasteiger partial charge < -0.3 is 27.9 Å². The largest absolute Gasteiger partial charge is 0.756 e. The van der Waals surface area contributed by atoms with Crippen molar-refractivity contribution in [3.63, 3.8) is 0 Å². The monoisotopic (exact) mass is 1100 g/mol. The van der Waals surface area contributed by atoms with Crippen molar-refractivity contribution in [2.75, 3.05) is 47.5 Å². The van der Waals surface area contributed by atoms with Gasteiger partial charge in [0, 0.05) is 12.8 Å². The van der Waals surface area contributed by atoms with Crippen molar-refractivity contribution in [2.24, 2.45) is 0 Å². The third kappa shape index (κ3) is 60.9. The fraction of sp³-hybridized carbons (Fsp3) is 0.588. The maximum atomic E-state index is 12.8. The van der Waals surface area contributed by atoms with E-state index < -0.39 is 32.5 Å². The Hall–Kier alpha value is -4.37. The SMILES string of the molecule is CC/C=C\C/C=C\C/C=C\C/C=C\C/C=C\C/C=C\C/C=C\C/C=C\C/C=C\CCCC(=O)OC(COC(=O)CCCCCCCCCCCCCC/C=C\C/C=C\C/C=C\C/C=C\CC)COP(=O)([O-])OCC[N+](C)(C)C. The zero-order valence-corrected chi connectivity index (χ0v) is 50.7. The van der Waals surface area contributed by atoms with Crippen molar-refractivity contribution in [3.05, 3.63) is 158 Å². The number of hydrogen-bond donors (Lipinski definition) is 0. The number of phosphoric ester groups is 1. The highest BCUT2D eigenvalue weighted by Crippen LogP contribution is 2.38. The summed E-state index contributed by atoms with van der Waals surface area (Å²) in [6.45, 7) is 3.92. The predicted octanol–water partition coefficient (Wildman–Crippen LogP) is 18.6. The van der Waals surface area contributed by atoms with E-state index in [1.807, 2.05) is 27.2 Å². The molecule has 2 atom stereocenters. The van der Waals surface area contributed by atoms with Gasteiger partial charge in [0.1, 0.15) is 19.8 Å². The molecule has 9 nitrogen and oxygen atoms in total. The highest BCUT2D eigenvalue weighted by molar-refractivity contribution is 7.45. The first-order valence-corrected chi connectivity index (χ1v) is 31.7. The van der Waals surface area contributed by atoms with Crippen LogP contribution in [0.4, 0.5) is 0 Å². The minimum absolute atomic E-state index is 0.0512. The van der Waals surface area contributed by atoms with E-state index in [1.165, 1.54) is 57.8 Å². The van der Waals surface area contributed by atoms with E-state index in [0.717, 1.165) is 103 Å². The number of carbonyl (C=O) groups is 2. The molecule has 0 aliphatic carbocycles. The van der Waals surface area contributed by atoms with E-state index in [2.05, 4.69) is 166 Å². The minimum Gasteiger partial charge on any atom is -0.756 e. The fourth-order valence-corrected chi connectivity index (χ4v) is 8.20. The molecule has 0 aromatic heterocycles. The Morgan fingerprint density at radius 1 is 0.397 bits per heavy atom. The third-order valence-electron chi connectivity index (χ3n) is 12.0. The average Bonchev–Trinajstić information content (AvgIpc) is 3.41. The normalized spacial score (nSPS) is 14.4. The first kappa shape index (κ1) is 73.6. The summed E-state index contributed by atoms with van der Waals surface area (Å²) in [5.41, 5.74) is 0. The third-order valence-corrected chi connectivity index (χ3v) is 13.0. The number of nitrogens with zero attached hydrogens (tertiary/aromatic N) is 1. The molecule has 0 N–H and O–H groups in total. The molecule has 0 saturated carbocycles. The van der Waals surface area contributed by atoms with Gasteiger partial charge in [-0.15, -0.1) is 0 Å². The number of quaternary nitrogens is 1. The second kappa shape index (κ2) is 57.3. The van der Waals surface area contributed by atoms with Gasteiger partial charge in [0.2, 0.25) is 0 Å². The summed E-state index contributed by atoms with van der Waals surface area (Å²) < 4.78 is 34.1. The molecule has 10 heteroatoms. The number of unbranched alkanes of at least 4 members (excludes halogenated alkanes) is 13. The van der Waals surface area contributed by atoms with Crippen LogP contribution in [0.15, 0.2) is 158 Å². The van der Waals surface area contributed by atoms with Gasteiger partial charge in [-0.25, -0.2) is 0 Å². The van der Waals surface area contributed by atoms with Crippen LogP contribution in [0.3, 0.4) is 0 Å². The molecule has 78 heavy (non-hydrogen) atoms. The van der Waals surface area contributed by atoms with E-state index in [9.17, 15) is 19.0 Å². The highest BCUT2D eigenvalue weighted by Gasteiger charge is 2.21. The van der Waals surface area contributed by atoms with Gasteiger partial charge in [-0.3, -0.25) is 14.2 Å². The number of carbonyl (C=O) groups excluding carboxylic acids is 2. The van der Waals surface area contributed by atoms with Crippen molar-refractivity contribution in [2.45, 2.75) is 213 Å². The summed E-state index contributed by atoms with van der Waals surface area (Å²) >= 11 is 0. The first-order valence-electron chi connectivity index (χ1n) is 30.2. The predicted molar refractivity (Wildman–Crippen MR) is 332 cm³/mol. The zero-order valence-electron chi connectivity index (χ0n) is 49.8. The quantitative estimate of drug-likeness (QED) is 0.0195. The molecule has 0 aromatic carbocycles. The molecule has 440 valence electrons. The molecule has 0 aliphatic heterocycles. The van der Waals surface area contributed by atoms with Gasteiger partial charge in [-0.2, -0.15) is 0 Å². The molecule has 0 saturated heterocycles. The molecule has 0 fully saturated rings. The lowest BCUT2D eigenvalue weighted by Gasteiger charge is -2.28. The van der Waals surface area contributed by atoms with Crippen LogP contribution in [0.25, 0.3) is 0 Å². The molecule has 0 spiro atoms.